The first-order valence-electron chi connectivity index (χ1n) is 7.70. The molecule has 118 valence electrons. The maximum atomic E-state index is 12.4. The van der Waals surface area contributed by atoms with E-state index in [1.54, 1.807) is 0 Å². The van der Waals surface area contributed by atoms with Crippen molar-refractivity contribution in [2.24, 2.45) is 0 Å². The Bertz CT molecular complexity index is 759. The topological polar surface area (TPSA) is 52.3 Å². The summed E-state index contributed by atoms with van der Waals surface area (Å²) in [7, 11) is 0. The number of nitrogen functional groups attached to an aromatic ring is 1. The summed E-state index contributed by atoms with van der Waals surface area (Å²) in [5, 5.41) is 0.528. The molecular weight excluding hydrogens is 306 g/mol. The molecule has 0 saturated carbocycles. The number of carbonyl (C=O) groups is 1. The van der Waals surface area contributed by atoms with Crippen LogP contribution in [0.3, 0.4) is 0 Å². The number of rotatable bonds is 4. The Morgan fingerprint density at radius 1 is 1.30 bits per heavy atom. The van der Waals surface area contributed by atoms with E-state index in [-0.39, 0.29) is 11.9 Å². The maximum absolute atomic E-state index is 12.4. The maximum Gasteiger partial charge on any atom is 0.341 e. The summed E-state index contributed by atoms with van der Waals surface area (Å²) in [6.45, 7) is 2.15. The number of hydrogen-bond donors (Lipinski definition) is 1. The number of esters is 1. The zero-order valence-electron chi connectivity index (χ0n) is 13.0. The number of carbonyl (C=O) groups excluding carboxylic acids is 1. The molecule has 0 saturated heterocycles. The molecule has 0 amide bonds. The molecular formula is C19H19NO2S. The Morgan fingerprint density at radius 3 is 2.74 bits per heavy atom. The molecule has 1 atom stereocenters. The lowest BCUT2D eigenvalue weighted by Crippen LogP contribution is -2.11. The normalized spacial score (nSPS) is 16.5. The van der Waals surface area contributed by atoms with Crippen LogP contribution in [0.4, 0.5) is 5.00 Å². The highest BCUT2D eigenvalue weighted by Crippen LogP contribution is 2.44. The molecule has 0 bridgehead atoms. The molecule has 0 aliphatic heterocycles. The van der Waals surface area contributed by atoms with Crippen molar-refractivity contribution < 1.29 is 9.53 Å². The molecule has 0 spiro atoms. The second kappa shape index (κ2) is 6.84. The minimum absolute atomic E-state index is 0.142. The fourth-order valence-corrected chi connectivity index (χ4v) is 3.96. The van der Waals surface area contributed by atoms with E-state index in [1.165, 1.54) is 11.3 Å². The van der Waals surface area contributed by atoms with Crippen LogP contribution in [0.25, 0.3) is 10.4 Å². The summed E-state index contributed by atoms with van der Waals surface area (Å²) in [6, 6.07) is 10.1. The molecule has 1 aromatic heterocycles. The Balaban J connectivity index is 2.16. The van der Waals surface area contributed by atoms with Gasteiger partial charge in [0.15, 0.2) is 0 Å². The molecule has 1 heterocycles. The van der Waals surface area contributed by atoms with Crippen LogP contribution >= 0.6 is 11.3 Å². The summed E-state index contributed by atoms with van der Waals surface area (Å²) in [5.74, 6) is -0.190. The van der Waals surface area contributed by atoms with Gasteiger partial charge < -0.3 is 10.5 Å². The van der Waals surface area contributed by atoms with Crippen LogP contribution in [0.2, 0.25) is 0 Å². The summed E-state index contributed by atoms with van der Waals surface area (Å²) in [6.07, 6.45) is 9.14. The van der Waals surface area contributed by atoms with Gasteiger partial charge in [-0.1, -0.05) is 54.6 Å². The van der Waals surface area contributed by atoms with Gasteiger partial charge in [-0.15, -0.1) is 11.3 Å². The van der Waals surface area contributed by atoms with Crippen molar-refractivity contribution in [3.8, 4) is 10.4 Å². The van der Waals surface area contributed by atoms with Gasteiger partial charge in [-0.05, 0) is 24.5 Å². The van der Waals surface area contributed by atoms with E-state index in [4.69, 9.17) is 10.5 Å². The van der Waals surface area contributed by atoms with Gasteiger partial charge in [-0.2, -0.15) is 0 Å². The van der Waals surface area contributed by atoms with E-state index in [9.17, 15) is 4.79 Å². The Morgan fingerprint density at radius 2 is 2.09 bits per heavy atom. The van der Waals surface area contributed by atoms with Crippen molar-refractivity contribution in [2.45, 2.75) is 19.3 Å². The van der Waals surface area contributed by atoms with Crippen molar-refractivity contribution in [2.75, 3.05) is 12.3 Å². The quantitative estimate of drug-likeness (QED) is 0.824. The van der Waals surface area contributed by atoms with Gasteiger partial charge in [0.1, 0.15) is 5.00 Å². The van der Waals surface area contributed by atoms with Crippen LogP contribution in [0.5, 0.6) is 0 Å². The Labute approximate surface area is 140 Å². The first kappa shape index (κ1) is 15.6. The standard InChI is InChI=1S/C19H19NO2S/c1-2-22-19(21)16-15(13-9-5-3-6-10-13)17(23-18(16)20)14-11-7-4-8-12-14/h3-9,11-13H,2,10,20H2,1H3. The van der Waals surface area contributed by atoms with E-state index < -0.39 is 0 Å². The van der Waals surface area contributed by atoms with Crippen LogP contribution in [-0.4, -0.2) is 12.6 Å². The van der Waals surface area contributed by atoms with Crippen LogP contribution in [0.1, 0.15) is 35.2 Å². The van der Waals surface area contributed by atoms with E-state index in [0.29, 0.717) is 17.2 Å². The van der Waals surface area contributed by atoms with Gasteiger partial charge in [-0.3, -0.25) is 0 Å². The lowest BCUT2D eigenvalue weighted by Gasteiger charge is -2.16. The van der Waals surface area contributed by atoms with E-state index in [0.717, 1.165) is 22.4 Å². The monoisotopic (exact) mass is 325 g/mol. The van der Waals surface area contributed by atoms with Gasteiger partial charge in [0.05, 0.1) is 12.2 Å². The molecule has 2 N–H and O–H groups in total. The zero-order valence-corrected chi connectivity index (χ0v) is 13.8. The van der Waals surface area contributed by atoms with Crippen LogP contribution in [0.15, 0.2) is 54.6 Å². The van der Waals surface area contributed by atoms with E-state index in [2.05, 4.69) is 12.2 Å². The van der Waals surface area contributed by atoms with Crippen LogP contribution < -0.4 is 5.73 Å². The number of anilines is 1. The third-order valence-corrected chi connectivity index (χ3v) is 4.92. The highest BCUT2D eigenvalue weighted by atomic mass is 32.1. The molecule has 1 aromatic carbocycles. The molecule has 0 fully saturated rings. The summed E-state index contributed by atoms with van der Waals surface area (Å²) < 4.78 is 5.24. The first-order valence-corrected chi connectivity index (χ1v) is 8.52. The van der Waals surface area contributed by atoms with Crippen molar-refractivity contribution in [3.63, 3.8) is 0 Å². The van der Waals surface area contributed by atoms with Gasteiger partial charge in [0.2, 0.25) is 0 Å². The fraction of sp³-hybridized carbons (Fsp3) is 0.211. The van der Waals surface area contributed by atoms with Gasteiger partial charge >= 0.3 is 5.97 Å². The predicted octanol–water partition coefficient (Wildman–Crippen LogP) is 4.77. The zero-order chi connectivity index (χ0) is 16.2. The number of hydrogen-bond acceptors (Lipinski definition) is 4. The third kappa shape index (κ3) is 3.08. The lowest BCUT2D eigenvalue weighted by atomic mass is 9.88. The molecule has 4 heteroatoms. The van der Waals surface area contributed by atoms with E-state index in [1.807, 2.05) is 49.4 Å². The number of thiophene rings is 1. The number of nitrogens with two attached hydrogens (primary N) is 1. The van der Waals surface area contributed by atoms with Crippen molar-refractivity contribution in [3.05, 3.63) is 65.8 Å². The predicted molar refractivity (Wildman–Crippen MR) is 95.8 cm³/mol. The van der Waals surface area contributed by atoms with Crippen molar-refractivity contribution in [1.82, 2.24) is 0 Å². The molecule has 1 unspecified atom stereocenters. The molecule has 0 radical (unpaired) electrons. The first-order chi connectivity index (χ1) is 11.2. The summed E-state index contributed by atoms with van der Waals surface area (Å²) >= 11 is 1.46. The highest BCUT2D eigenvalue weighted by molar-refractivity contribution is 7.20. The minimum atomic E-state index is -0.332. The second-order valence-electron chi connectivity index (χ2n) is 5.33. The SMILES string of the molecule is CCOC(=O)c1c(N)sc(-c2ccccc2)c1C1C=CC=CC1. The largest absolute Gasteiger partial charge is 0.462 e. The van der Waals surface area contributed by atoms with Gasteiger partial charge in [0, 0.05) is 10.8 Å². The second-order valence-corrected chi connectivity index (χ2v) is 6.38. The summed E-state index contributed by atoms with van der Waals surface area (Å²) in [4.78, 5) is 13.5. The summed E-state index contributed by atoms with van der Waals surface area (Å²) in [5.41, 5.74) is 8.79. The van der Waals surface area contributed by atoms with Crippen LogP contribution in [-0.2, 0) is 4.74 Å². The average Bonchev–Trinajstić information content (AvgIpc) is 2.94. The average molecular weight is 325 g/mol. The minimum Gasteiger partial charge on any atom is -0.462 e. The van der Waals surface area contributed by atoms with Gasteiger partial charge in [-0.25, -0.2) is 4.79 Å². The molecule has 3 rings (SSSR count). The smallest absolute Gasteiger partial charge is 0.341 e. The van der Waals surface area contributed by atoms with Crippen molar-refractivity contribution in [1.29, 1.82) is 0 Å². The Hall–Kier alpha value is -2.33. The fourth-order valence-electron chi connectivity index (χ4n) is 2.83. The van der Waals surface area contributed by atoms with Crippen molar-refractivity contribution >= 4 is 22.3 Å². The van der Waals surface area contributed by atoms with Gasteiger partial charge in [0.25, 0.3) is 0 Å². The highest BCUT2D eigenvalue weighted by Gasteiger charge is 2.28. The lowest BCUT2D eigenvalue weighted by molar-refractivity contribution is 0.0526. The number of allylic oxidation sites excluding steroid dienone is 4. The van der Waals surface area contributed by atoms with E-state index >= 15 is 0 Å². The number of benzene rings is 1. The number of ether oxygens (including phenoxy) is 1. The molecule has 1 aliphatic rings. The molecule has 1 aliphatic carbocycles. The Kier molecular flexibility index (Phi) is 4.63. The molecule has 23 heavy (non-hydrogen) atoms. The third-order valence-electron chi connectivity index (χ3n) is 3.84. The van der Waals surface area contributed by atoms with Crippen LogP contribution in [0, 0.1) is 0 Å². The molecule has 3 nitrogen and oxygen atoms in total. The molecule has 2 aromatic rings.